The van der Waals surface area contributed by atoms with Gasteiger partial charge in [-0.2, -0.15) is 0 Å². The molecular formula is C20H33FN2O3. The fourth-order valence-corrected chi connectivity index (χ4v) is 3.03. The summed E-state index contributed by atoms with van der Waals surface area (Å²) in [5, 5.41) is 10.1. The third-order valence-corrected chi connectivity index (χ3v) is 4.96. The zero-order chi connectivity index (χ0) is 19.1. The van der Waals surface area contributed by atoms with Crippen LogP contribution in [-0.2, 0) is 6.54 Å². The number of piperidine rings is 1. The molecule has 5 nitrogen and oxygen atoms in total. The van der Waals surface area contributed by atoms with Crippen LogP contribution in [0.2, 0.25) is 0 Å². The van der Waals surface area contributed by atoms with E-state index >= 15 is 0 Å². The molecule has 2 rings (SSSR count). The molecule has 1 atom stereocenters. The minimum Gasteiger partial charge on any atom is -0.493 e. The highest BCUT2D eigenvalue weighted by Crippen LogP contribution is 2.29. The van der Waals surface area contributed by atoms with Crippen LogP contribution in [0.1, 0.15) is 32.3 Å². The largest absolute Gasteiger partial charge is 0.493 e. The van der Waals surface area contributed by atoms with Crippen molar-refractivity contribution in [3.05, 3.63) is 23.8 Å². The Labute approximate surface area is 156 Å². The molecule has 1 aliphatic heterocycles. The van der Waals surface area contributed by atoms with Gasteiger partial charge >= 0.3 is 0 Å². The van der Waals surface area contributed by atoms with Crippen LogP contribution in [0.25, 0.3) is 0 Å². The van der Waals surface area contributed by atoms with Crippen molar-refractivity contribution in [2.75, 3.05) is 40.4 Å². The van der Waals surface area contributed by atoms with Gasteiger partial charge in [0.15, 0.2) is 11.5 Å². The Balaban J connectivity index is 1.89. The monoisotopic (exact) mass is 368 g/mol. The number of hydrogen-bond acceptors (Lipinski definition) is 5. The van der Waals surface area contributed by atoms with Gasteiger partial charge < -0.3 is 19.5 Å². The third kappa shape index (κ3) is 6.41. The zero-order valence-electron chi connectivity index (χ0n) is 16.4. The van der Waals surface area contributed by atoms with E-state index in [0.29, 0.717) is 36.9 Å². The van der Waals surface area contributed by atoms with Crippen molar-refractivity contribution in [3.63, 3.8) is 0 Å². The van der Waals surface area contributed by atoms with Gasteiger partial charge in [-0.15, -0.1) is 0 Å². The van der Waals surface area contributed by atoms with Gasteiger partial charge in [-0.1, -0.05) is 6.07 Å². The van der Waals surface area contributed by atoms with Crippen molar-refractivity contribution < 1.29 is 19.0 Å². The number of ether oxygens (including phenoxy) is 2. The summed E-state index contributed by atoms with van der Waals surface area (Å²) in [5.41, 5.74) is 1.12. The number of rotatable bonds is 9. The molecule has 1 aromatic carbocycles. The van der Waals surface area contributed by atoms with Gasteiger partial charge in [0.1, 0.15) is 18.9 Å². The number of benzene rings is 1. The Hall–Kier alpha value is -1.37. The lowest BCUT2D eigenvalue weighted by molar-refractivity contribution is 0.0668. The van der Waals surface area contributed by atoms with E-state index in [1.165, 1.54) is 0 Å². The summed E-state index contributed by atoms with van der Waals surface area (Å²) in [4.78, 5) is 4.34. The van der Waals surface area contributed by atoms with E-state index in [2.05, 4.69) is 23.6 Å². The predicted octanol–water partition coefficient (Wildman–Crippen LogP) is 2.71. The standard InChI is InChI=1S/C20H33FN2O3/c1-15(2)22(3)13-18(24)14-26-19-6-5-16(11-20(19)25-4)12-23-9-7-17(21)8-10-23/h5-6,11,15,17-18,24H,7-10,12-14H2,1-4H3/t18-/m0/s1. The Morgan fingerprint density at radius 2 is 1.96 bits per heavy atom. The molecule has 148 valence electrons. The van der Waals surface area contributed by atoms with Gasteiger partial charge in [-0.3, -0.25) is 4.90 Å². The average molecular weight is 368 g/mol. The first kappa shape index (κ1) is 20.9. The topological polar surface area (TPSA) is 45.2 Å². The normalized spacial score (nSPS) is 17.7. The highest BCUT2D eigenvalue weighted by Gasteiger charge is 2.19. The number of halogens is 1. The second-order valence-electron chi connectivity index (χ2n) is 7.43. The first-order valence-corrected chi connectivity index (χ1v) is 9.43. The number of likely N-dealkylation sites (N-methyl/N-ethyl adjacent to an activating group) is 1. The van der Waals surface area contributed by atoms with Crippen LogP contribution < -0.4 is 9.47 Å². The van der Waals surface area contributed by atoms with E-state index in [1.54, 1.807) is 7.11 Å². The van der Waals surface area contributed by atoms with Crippen molar-refractivity contribution in [1.82, 2.24) is 9.80 Å². The van der Waals surface area contributed by atoms with Gasteiger partial charge in [-0.25, -0.2) is 4.39 Å². The van der Waals surface area contributed by atoms with Gasteiger partial charge in [0.2, 0.25) is 0 Å². The molecule has 1 aromatic rings. The summed E-state index contributed by atoms with van der Waals surface area (Å²) in [6.07, 6.45) is 0.00809. The van der Waals surface area contributed by atoms with Gasteiger partial charge in [0.05, 0.1) is 7.11 Å². The highest BCUT2D eigenvalue weighted by atomic mass is 19.1. The molecule has 1 N–H and O–H groups in total. The molecule has 0 radical (unpaired) electrons. The van der Waals surface area contributed by atoms with Crippen LogP contribution in [-0.4, -0.2) is 73.6 Å². The Morgan fingerprint density at radius 1 is 1.27 bits per heavy atom. The van der Waals surface area contributed by atoms with E-state index in [1.807, 2.05) is 25.2 Å². The lowest BCUT2D eigenvalue weighted by Gasteiger charge is -2.28. The second kappa shape index (κ2) is 10.1. The van der Waals surface area contributed by atoms with E-state index in [9.17, 15) is 9.50 Å². The van der Waals surface area contributed by atoms with Crippen molar-refractivity contribution in [3.8, 4) is 11.5 Å². The maximum atomic E-state index is 13.3. The molecule has 0 aliphatic carbocycles. The van der Waals surface area contributed by atoms with Gasteiger partial charge in [0.25, 0.3) is 0 Å². The molecule has 0 spiro atoms. The molecular weight excluding hydrogens is 335 g/mol. The van der Waals surface area contributed by atoms with E-state index in [4.69, 9.17) is 9.47 Å². The maximum absolute atomic E-state index is 13.3. The SMILES string of the molecule is COc1cc(CN2CCC(F)CC2)ccc1OC[C@@H](O)CN(C)C(C)C. The molecule has 0 bridgehead atoms. The summed E-state index contributed by atoms with van der Waals surface area (Å²) in [6.45, 7) is 7.32. The van der Waals surface area contributed by atoms with Crippen molar-refractivity contribution in [2.45, 2.75) is 51.6 Å². The predicted molar refractivity (Wildman–Crippen MR) is 102 cm³/mol. The number of aliphatic hydroxyl groups is 1. The summed E-state index contributed by atoms with van der Waals surface area (Å²) < 4.78 is 24.5. The number of likely N-dealkylation sites (tertiary alicyclic amines) is 1. The molecule has 1 saturated heterocycles. The first-order valence-electron chi connectivity index (χ1n) is 9.43. The van der Waals surface area contributed by atoms with Crippen LogP contribution >= 0.6 is 0 Å². The van der Waals surface area contributed by atoms with Crippen LogP contribution in [0, 0.1) is 0 Å². The quantitative estimate of drug-likeness (QED) is 0.726. The minimum absolute atomic E-state index is 0.219. The number of aliphatic hydroxyl groups excluding tert-OH is 1. The van der Waals surface area contributed by atoms with Crippen LogP contribution in [0.4, 0.5) is 4.39 Å². The Kier molecular flexibility index (Phi) is 8.13. The van der Waals surface area contributed by atoms with E-state index < -0.39 is 12.3 Å². The second-order valence-corrected chi connectivity index (χ2v) is 7.43. The Morgan fingerprint density at radius 3 is 2.58 bits per heavy atom. The van der Waals surface area contributed by atoms with Crippen LogP contribution in [0.5, 0.6) is 11.5 Å². The molecule has 1 fully saturated rings. The van der Waals surface area contributed by atoms with Crippen molar-refractivity contribution in [2.24, 2.45) is 0 Å². The van der Waals surface area contributed by atoms with Gasteiger partial charge in [-0.05, 0) is 51.4 Å². The third-order valence-electron chi connectivity index (χ3n) is 4.96. The minimum atomic E-state index is -0.655. The number of methoxy groups -OCH3 is 1. The highest BCUT2D eigenvalue weighted by molar-refractivity contribution is 5.43. The molecule has 0 unspecified atom stereocenters. The number of nitrogens with zero attached hydrogens (tertiary/aromatic N) is 2. The number of hydrogen-bond donors (Lipinski definition) is 1. The molecule has 26 heavy (non-hydrogen) atoms. The lowest BCUT2D eigenvalue weighted by Crippen LogP contribution is -2.37. The van der Waals surface area contributed by atoms with Crippen LogP contribution in [0.3, 0.4) is 0 Å². The summed E-state index contributed by atoms with van der Waals surface area (Å²) >= 11 is 0. The van der Waals surface area contributed by atoms with E-state index in [0.717, 1.165) is 25.2 Å². The molecule has 1 heterocycles. The first-order chi connectivity index (χ1) is 12.4. The van der Waals surface area contributed by atoms with Crippen molar-refractivity contribution in [1.29, 1.82) is 0 Å². The Bertz CT molecular complexity index is 548. The fourth-order valence-electron chi connectivity index (χ4n) is 3.03. The number of alkyl halides is 1. The molecule has 0 amide bonds. The molecule has 0 aromatic heterocycles. The average Bonchev–Trinajstić information content (AvgIpc) is 2.62. The summed E-state index contributed by atoms with van der Waals surface area (Å²) in [6, 6.07) is 6.23. The molecule has 6 heteroatoms. The lowest BCUT2D eigenvalue weighted by atomic mass is 10.1. The summed E-state index contributed by atoms with van der Waals surface area (Å²) in [7, 11) is 3.60. The molecule has 1 aliphatic rings. The maximum Gasteiger partial charge on any atom is 0.161 e. The van der Waals surface area contributed by atoms with E-state index in [-0.39, 0.29) is 6.61 Å². The van der Waals surface area contributed by atoms with Crippen molar-refractivity contribution >= 4 is 0 Å². The molecule has 0 saturated carbocycles. The van der Waals surface area contributed by atoms with Crippen LogP contribution in [0.15, 0.2) is 18.2 Å². The zero-order valence-corrected chi connectivity index (χ0v) is 16.4. The fraction of sp³-hybridized carbons (Fsp3) is 0.700. The van der Waals surface area contributed by atoms with Gasteiger partial charge in [0, 0.05) is 32.2 Å². The summed E-state index contributed by atoms with van der Waals surface area (Å²) in [5.74, 6) is 1.29. The smallest absolute Gasteiger partial charge is 0.161 e.